The minimum atomic E-state index is 0.588. The molecule has 0 saturated carbocycles. The van der Waals surface area contributed by atoms with Gasteiger partial charge in [0, 0.05) is 12.1 Å². The molecule has 16 heavy (non-hydrogen) atoms. The second-order valence-corrected chi connectivity index (χ2v) is 5.09. The van der Waals surface area contributed by atoms with E-state index in [1.165, 1.54) is 18.4 Å². The van der Waals surface area contributed by atoms with E-state index in [1.807, 2.05) is 12.1 Å². The SMILES string of the molecule is CN1[C@@H]2CC[C@@H]1C=C(c1cccc(Cl)n1)C2. The highest BCUT2D eigenvalue weighted by Crippen LogP contribution is 2.36. The van der Waals surface area contributed by atoms with Crippen LogP contribution in [0.5, 0.6) is 0 Å². The van der Waals surface area contributed by atoms with Crippen molar-refractivity contribution in [2.75, 3.05) is 7.05 Å². The fraction of sp³-hybridized carbons (Fsp3) is 0.462. The fourth-order valence-electron chi connectivity index (χ4n) is 2.82. The maximum atomic E-state index is 5.93. The van der Waals surface area contributed by atoms with Crippen LogP contribution in [0.3, 0.4) is 0 Å². The molecule has 0 amide bonds. The van der Waals surface area contributed by atoms with Crippen molar-refractivity contribution in [1.82, 2.24) is 9.88 Å². The Balaban J connectivity index is 1.95. The Morgan fingerprint density at radius 3 is 3.00 bits per heavy atom. The lowest BCUT2D eigenvalue weighted by Crippen LogP contribution is -2.34. The van der Waals surface area contributed by atoms with Gasteiger partial charge >= 0.3 is 0 Å². The van der Waals surface area contributed by atoms with Crippen molar-refractivity contribution in [2.45, 2.75) is 31.3 Å². The summed E-state index contributed by atoms with van der Waals surface area (Å²) in [4.78, 5) is 6.88. The molecule has 3 heterocycles. The fourth-order valence-corrected chi connectivity index (χ4v) is 2.98. The van der Waals surface area contributed by atoms with Crippen molar-refractivity contribution < 1.29 is 0 Å². The Kier molecular flexibility index (Phi) is 2.49. The van der Waals surface area contributed by atoms with Crippen molar-refractivity contribution in [3.8, 4) is 0 Å². The van der Waals surface area contributed by atoms with Crippen LogP contribution in [0.15, 0.2) is 24.3 Å². The molecule has 2 aliphatic heterocycles. The van der Waals surface area contributed by atoms with Crippen LogP contribution in [-0.4, -0.2) is 29.0 Å². The molecule has 84 valence electrons. The Bertz CT molecular complexity index is 441. The molecule has 0 aliphatic carbocycles. The lowest BCUT2D eigenvalue weighted by atomic mass is 9.99. The average Bonchev–Trinajstić information content (AvgIpc) is 2.53. The summed E-state index contributed by atoms with van der Waals surface area (Å²) in [5.41, 5.74) is 2.42. The second-order valence-electron chi connectivity index (χ2n) is 4.71. The Hall–Kier alpha value is -0.860. The van der Waals surface area contributed by atoms with E-state index in [4.69, 9.17) is 11.6 Å². The summed E-state index contributed by atoms with van der Waals surface area (Å²) in [5.74, 6) is 0. The van der Waals surface area contributed by atoms with Crippen molar-refractivity contribution in [2.24, 2.45) is 0 Å². The summed E-state index contributed by atoms with van der Waals surface area (Å²) in [6.45, 7) is 0. The van der Waals surface area contributed by atoms with Crippen molar-refractivity contribution >= 4 is 17.2 Å². The Morgan fingerprint density at radius 1 is 1.38 bits per heavy atom. The van der Waals surface area contributed by atoms with Crippen LogP contribution < -0.4 is 0 Å². The van der Waals surface area contributed by atoms with E-state index in [-0.39, 0.29) is 0 Å². The third-order valence-corrected chi connectivity index (χ3v) is 4.00. The molecule has 0 radical (unpaired) electrons. The zero-order valence-corrected chi connectivity index (χ0v) is 10.1. The van der Waals surface area contributed by atoms with Gasteiger partial charge in [0.05, 0.1) is 5.69 Å². The van der Waals surface area contributed by atoms with E-state index >= 15 is 0 Å². The molecule has 0 unspecified atom stereocenters. The summed E-state index contributed by atoms with van der Waals surface area (Å²) in [5, 5.41) is 0.588. The van der Waals surface area contributed by atoms with Crippen LogP contribution in [0.2, 0.25) is 5.15 Å². The van der Waals surface area contributed by atoms with Crippen LogP contribution in [0, 0.1) is 0 Å². The molecule has 3 rings (SSSR count). The minimum absolute atomic E-state index is 0.588. The first-order valence-corrected chi connectivity index (χ1v) is 6.17. The number of likely N-dealkylation sites (N-methyl/N-ethyl adjacent to an activating group) is 1. The number of aromatic nitrogens is 1. The van der Waals surface area contributed by atoms with E-state index in [2.05, 4.69) is 29.1 Å². The lowest BCUT2D eigenvalue weighted by molar-refractivity contribution is 0.264. The summed E-state index contributed by atoms with van der Waals surface area (Å²) in [7, 11) is 2.22. The van der Waals surface area contributed by atoms with Crippen molar-refractivity contribution in [3.63, 3.8) is 0 Å². The van der Waals surface area contributed by atoms with Gasteiger partial charge in [0.2, 0.25) is 0 Å². The van der Waals surface area contributed by atoms with Gasteiger partial charge in [-0.2, -0.15) is 0 Å². The monoisotopic (exact) mass is 234 g/mol. The maximum Gasteiger partial charge on any atom is 0.129 e. The highest BCUT2D eigenvalue weighted by atomic mass is 35.5. The molecule has 1 saturated heterocycles. The largest absolute Gasteiger partial charge is 0.297 e. The van der Waals surface area contributed by atoms with Crippen LogP contribution in [0.1, 0.15) is 25.0 Å². The van der Waals surface area contributed by atoms with Gasteiger partial charge in [0.15, 0.2) is 0 Å². The van der Waals surface area contributed by atoms with Crippen LogP contribution in [-0.2, 0) is 0 Å². The third kappa shape index (κ3) is 1.66. The van der Waals surface area contributed by atoms with E-state index in [9.17, 15) is 0 Å². The Labute approximate surface area is 101 Å². The highest BCUT2D eigenvalue weighted by molar-refractivity contribution is 6.29. The highest BCUT2D eigenvalue weighted by Gasteiger charge is 2.34. The van der Waals surface area contributed by atoms with Gasteiger partial charge in [-0.05, 0) is 44.0 Å². The topological polar surface area (TPSA) is 16.1 Å². The van der Waals surface area contributed by atoms with Gasteiger partial charge in [-0.1, -0.05) is 23.7 Å². The zero-order valence-electron chi connectivity index (χ0n) is 9.36. The number of pyridine rings is 1. The van der Waals surface area contributed by atoms with Gasteiger partial charge in [0.25, 0.3) is 0 Å². The van der Waals surface area contributed by atoms with Gasteiger partial charge in [-0.15, -0.1) is 0 Å². The van der Waals surface area contributed by atoms with Crippen LogP contribution in [0.4, 0.5) is 0 Å². The number of rotatable bonds is 1. The summed E-state index contributed by atoms with van der Waals surface area (Å²) in [6, 6.07) is 7.17. The average molecular weight is 235 g/mol. The van der Waals surface area contributed by atoms with Crippen LogP contribution >= 0.6 is 11.6 Å². The smallest absolute Gasteiger partial charge is 0.129 e. The number of halogens is 1. The number of hydrogen-bond donors (Lipinski definition) is 0. The lowest BCUT2D eigenvalue weighted by Gasteiger charge is -2.30. The first-order chi connectivity index (χ1) is 7.74. The maximum absolute atomic E-state index is 5.93. The normalized spacial score (nSPS) is 29.2. The molecule has 2 aliphatic rings. The quantitative estimate of drug-likeness (QED) is 0.695. The molecule has 0 N–H and O–H groups in total. The van der Waals surface area contributed by atoms with Gasteiger partial charge in [0.1, 0.15) is 5.15 Å². The molecule has 1 aromatic heterocycles. The predicted octanol–water partition coefficient (Wildman–Crippen LogP) is 2.98. The molecule has 0 aromatic carbocycles. The van der Waals surface area contributed by atoms with E-state index in [1.54, 1.807) is 0 Å². The van der Waals surface area contributed by atoms with Gasteiger partial charge < -0.3 is 0 Å². The van der Waals surface area contributed by atoms with Crippen molar-refractivity contribution in [1.29, 1.82) is 0 Å². The first-order valence-electron chi connectivity index (χ1n) is 5.79. The molecule has 1 fully saturated rings. The molecule has 2 bridgehead atoms. The standard InChI is InChI=1S/C13H15ClN2/c1-16-10-5-6-11(16)8-9(7-10)12-3-2-4-13(14)15-12/h2-4,7,10-11H,5-6,8H2,1H3/t10-,11-/m1/s1. The summed E-state index contributed by atoms with van der Waals surface area (Å²) in [6.07, 6.45) is 6.06. The van der Waals surface area contributed by atoms with Crippen molar-refractivity contribution in [3.05, 3.63) is 35.1 Å². The number of fused-ring (bicyclic) bond motifs is 2. The summed E-state index contributed by atoms with van der Waals surface area (Å²) >= 11 is 5.93. The third-order valence-electron chi connectivity index (χ3n) is 3.79. The predicted molar refractivity (Wildman–Crippen MR) is 66.4 cm³/mol. The molecule has 3 heteroatoms. The molecule has 0 spiro atoms. The van der Waals surface area contributed by atoms with Gasteiger partial charge in [-0.3, -0.25) is 4.90 Å². The molecule has 2 atom stereocenters. The molecular weight excluding hydrogens is 220 g/mol. The zero-order chi connectivity index (χ0) is 11.1. The number of hydrogen-bond acceptors (Lipinski definition) is 2. The van der Waals surface area contributed by atoms with E-state index in [0.29, 0.717) is 17.2 Å². The first kappa shape index (κ1) is 10.3. The Morgan fingerprint density at radius 2 is 2.25 bits per heavy atom. The number of nitrogens with zero attached hydrogens (tertiary/aromatic N) is 2. The molecular formula is C13H15ClN2. The van der Waals surface area contributed by atoms with Gasteiger partial charge in [-0.25, -0.2) is 4.98 Å². The van der Waals surface area contributed by atoms with Crippen LogP contribution in [0.25, 0.3) is 5.57 Å². The molecule has 2 nitrogen and oxygen atoms in total. The molecule has 1 aromatic rings. The second kappa shape index (κ2) is 3.86. The summed E-state index contributed by atoms with van der Waals surface area (Å²) < 4.78 is 0. The van der Waals surface area contributed by atoms with E-state index < -0.39 is 0 Å². The van der Waals surface area contributed by atoms with E-state index in [0.717, 1.165) is 12.1 Å². The minimum Gasteiger partial charge on any atom is -0.297 e.